The Morgan fingerprint density at radius 1 is 1.08 bits per heavy atom. The highest BCUT2D eigenvalue weighted by molar-refractivity contribution is 8.13. The predicted molar refractivity (Wildman–Crippen MR) is 212 cm³/mol. The molecule has 0 saturated carbocycles. The third-order valence-electron chi connectivity index (χ3n) is 8.14. The second-order valence-electron chi connectivity index (χ2n) is 13.5. The topological polar surface area (TPSA) is 371 Å². The Morgan fingerprint density at radius 2 is 1.80 bits per heavy atom. The molecule has 7 atom stereocenters. The number of allylic oxidation sites excluding steroid dienone is 1. The molecule has 1 fully saturated rings. The zero-order valence-corrected chi connectivity index (χ0v) is 35.7. The summed E-state index contributed by atoms with van der Waals surface area (Å²) in [6.07, 6.45) is 1.24. The molecule has 59 heavy (non-hydrogen) atoms. The molecule has 332 valence electrons. The van der Waals surface area contributed by atoms with Crippen LogP contribution in [0.15, 0.2) is 40.5 Å². The van der Waals surface area contributed by atoms with Crippen LogP contribution in [0.4, 0.5) is 5.82 Å². The minimum Gasteiger partial charge on any atom is -0.497 e. The molecule has 0 radical (unpaired) electrons. The van der Waals surface area contributed by atoms with Crippen LogP contribution in [0.25, 0.3) is 11.2 Å². The molecule has 3 heterocycles. The van der Waals surface area contributed by atoms with Gasteiger partial charge in [-0.05, 0) is 25.0 Å². The maximum Gasteiger partial charge on any atom is 0.481 e. The van der Waals surface area contributed by atoms with Crippen molar-refractivity contribution in [3.8, 4) is 0 Å². The third kappa shape index (κ3) is 16.8. The monoisotopic (exact) mass is 917 g/mol. The number of carbonyl (C=O) groups excluding carboxylic acids is 1. The molecule has 0 amide bonds. The maximum atomic E-state index is 12.7. The van der Waals surface area contributed by atoms with Gasteiger partial charge in [-0.25, -0.2) is 28.6 Å². The highest BCUT2D eigenvalue weighted by atomic mass is 32.2. The van der Waals surface area contributed by atoms with Gasteiger partial charge in [-0.1, -0.05) is 45.4 Å². The van der Waals surface area contributed by atoms with E-state index in [0.717, 1.165) is 54.7 Å². The molecule has 28 heteroatoms. The first-order valence-electron chi connectivity index (χ1n) is 17.9. The summed E-state index contributed by atoms with van der Waals surface area (Å²) < 4.78 is 62.2. The second kappa shape index (κ2) is 22.8. The zero-order chi connectivity index (χ0) is 44.0. The van der Waals surface area contributed by atoms with Crippen LogP contribution >= 0.6 is 35.2 Å². The SMILES string of the molecule is CCCCCC=C=CCC(=O)SCCN=C(O)CCN=C(O)[C@@H](O)C(C)(C)COP(=O)(O)OP(=O)(O)OC[C@H]1O[C@@H](n2cnc3c(N)ncnc32)[C@H](O)[C@@H]1OP(=O)(O)O. The van der Waals surface area contributed by atoms with Crippen molar-refractivity contribution >= 4 is 69.1 Å². The number of carbonyl (C=O) groups is 1. The van der Waals surface area contributed by atoms with Gasteiger partial charge in [0, 0.05) is 24.0 Å². The molecule has 2 aromatic heterocycles. The lowest BCUT2D eigenvalue weighted by atomic mass is 9.87. The highest BCUT2D eigenvalue weighted by Gasteiger charge is 2.50. The number of rotatable bonds is 25. The van der Waals surface area contributed by atoms with Gasteiger partial charge in [0.15, 0.2) is 28.7 Å². The summed E-state index contributed by atoms with van der Waals surface area (Å²) in [6, 6.07) is 0. The van der Waals surface area contributed by atoms with Crippen LogP contribution in [0.3, 0.4) is 0 Å². The van der Waals surface area contributed by atoms with E-state index in [9.17, 15) is 58.5 Å². The van der Waals surface area contributed by atoms with Crippen molar-refractivity contribution in [2.45, 2.75) is 89.9 Å². The largest absolute Gasteiger partial charge is 0.497 e. The Balaban J connectivity index is 1.48. The van der Waals surface area contributed by atoms with Gasteiger partial charge in [-0.3, -0.25) is 32.9 Å². The van der Waals surface area contributed by atoms with E-state index in [2.05, 4.69) is 46.4 Å². The predicted octanol–water partition coefficient (Wildman–Crippen LogP) is 3.03. The number of imidazole rings is 1. The maximum absolute atomic E-state index is 12.7. The fourth-order valence-electron chi connectivity index (χ4n) is 5.08. The average Bonchev–Trinajstić information content (AvgIpc) is 3.71. The summed E-state index contributed by atoms with van der Waals surface area (Å²) in [4.78, 5) is 70.7. The Labute approximate surface area is 342 Å². The smallest absolute Gasteiger partial charge is 0.481 e. The number of nitrogens with two attached hydrogens (primary N) is 1. The van der Waals surface area contributed by atoms with E-state index < -0.39 is 78.6 Å². The molecule has 0 aliphatic carbocycles. The van der Waals surface area contributed by atoms with Gasteiger partial charge in [-0.15, -0.1) is 5.73 Å². The van der Waals surface area contributed by atoms with E-state index in [1.807, 2.05) is 6.08 Å². The van der Waals surface area contributed by atoms with Crippen LogP contribution in [0, 0.1) is 5.41 Å². The molecule has 10 N–H and O–H groups in total. The van der Waals surface area contributed by atoms with Crippen molar-refractivity contribution in [2.75, 3.05) is 37.8 Å². The Bertz CT molecular complexity index is 1990. The van der Waals surface area contributed by atoms with E-state index in [0.29, 0.717) is 5.75 Å². The van der Waals surface area contributed by atoms with Gasteiger partial charge >= 0.3 is 23.5 Å². The van der Waals surface area contributed by atoms with Crippen LogP contribution in [0.1, 0.15) is 65.5 Å². The Hall–Kier alpha value is -2.92. The zero-order valence-electron chi connectivity index (χ0n) is 32.2. The number of ether oxygens (including phenoxy) is 1. The lowest BCUT2D eigenvalue weighted by molar-refractivity contribution is -0.110. The van der Waals surface area contributed by atoms with Gasteiger partial charge in [0.1, 0.15) is 36.3 Å². The van der Waals surface area contributed by atoms with Crippen LogP contribution in [-0.2, 0) is 41.1 Å². The van der Waals surface area contributed by atoms with Gasteiger partial charge < -0.3 is 50.5 Å². The molecule has 3 rings (SSSR count). The van der Waals surface area contributed by atoms with E-state index in [1.54, 1.807) is 6.08 Å². The number of aliphatic hydroxyl groups is 4. The van der Waals surface area contributed by atoms with Gasteiger partial charge in [-0.2, -0.15) is 4.31 Å². The molecule has 1 aliphatic rings. The number of phosphoric ester groups is 3. The van der Waals surface area contributed by atoms with Crippen molar-refractivity contribution in [3.05, 3.63) is 30.5 Å². The number of nitrogen functional groups attached to an aromatic ring is 1. The van der Waals surface area contributed by atoms with E-state index in [-0.39, 0.29) is 53.9 Å². The molecule has 1 aliphatic heterocycles. The van der Waals surface area contributed by atoms with Crippen LogP contribution in [-0.4, -0.2) is 133 Å². The highest BCUT2D eigenvalue weighted by Crippen LogP contribution is 2.61. The lowest BCUT2D eigenvalue weighted by Gasteiger charge is -2.29. The average molecular weight is 918 g/mol. The second-order valence-corrected chi connectivity index (χ2v) is 18.8. The quantitative estimate of drug-likeness (QED) is 0.0227. The van der Waals surface area contributed by atoms with E-state index in [4.69, 9.17) is 19.5 Å². The number of unbranched alkanes of at least 4 members (excludes halogenated alkanes) is 3. The molecule has 2 aromatic rings. The molecular weight excluding hydrogens is 867 g/mol. The number of aliphatic hydroxyl groups excluding tert-OH is 4. The minimum absolute atomic E-state index is 0.0333. The molecule has 1 saturated heterocycles. The Morgan fingerprint density at radius 3 is 2.49 bits per heavy atom. The van der Waals surface area contributed by atoms with E-state index >= 15 is 0 Å². The van der Waals surface area contributed by atoms with Gasteiger partial charge in [0.2, 0.25) is 5.90 Å². The number of aromatic nitrogens is 4. The van der Waals surface area contributed by atoms with Gasteiger partial charge in [0.05, 0.1) is 32.6 Å². The standard InChI is InChI=1S/C31H50N7O17P3S/c1-4-5-6-7-8-9-10-11-22(40)59-15-14-33-21(39)12-13-34-29(43)26(42)31(2,3)17-52-58(49,50)55-57(47,48)51-16-20-25(54-56(44,45)46)24(41)30(53-20)38-19-37-23-27(32)35-18-36-28(23)38/h8,10,18-20,24-26,30,41-42H,4-7,11-17H2,1-3H3,(H,33,39)(H,34,43)(H,47,48)(H,49,50)(H2,32,35,36)(H2,44,45,46)/t9?,20-,24-,25-,26-,30-/m1/s1. The number of fused-ring (bicyclic) bond motifs is 1. The molecule has 0 bridgehead atoms. The number of nitrogens with zero attached hydrogens (tertiary/aromatic N) is 6. The normalized spacial score (nSPS) is 21.8. The fraction of sp³-hybridized carbons (Fsp3) is 0.645. The number of anilines is 1. The van der Waals surface area contributed by atoms with Crippen molar-refractivity contribution in [1.29, 1.82) is 0 Å². The number of aliphatic imine (C=N–C) groups is 2. The molecule has 24 nitrogen and oxygen atoms in total. The lowest BCUT2D eigenvalue weighted by Crippen LogP contribution is -2.40. The number of hydrogen-bond donors (Lipinski definition) is 9. The van der Waals surface area contributed by atoms with Crippen LogP contribution in [0.5, 0.6) is 0 Å². The number of hydrogen-bond acceptors (Lipinski definition) is 18. The van der Waals surface area contributed by atoms with Crippen LogP contribution in [0.2, 0.25) is 0 Å². The third-order valence-corrected chi connectivity index (χ3v) is 12.1. The first kappa shape index (κ1) is 50.4. The fourth-order valence-corrected chi connectivity index (χ4v) is 8.52. The first-order chi connectivity index (χ1) is 27.6. The van der Waals surface area contributed by atoms with E-state index in [1.165, 1.54) is 13.8 Å². The summed E-state index contributed by atoms with van der Waals surface area (Å²) in [5.41, 5.74) is 7.29. The summed E-state index contributed by atoms with van der Waals surface area (Å²) in [7, 11) is -16.4. The summed E-state index contributed by atoms with van der Waals surface area (Å²) in [6.45, 7) is 2.59. The number of thioether (sulfide) groups is 1. The van der Waals surface area contributed by atoms with Crippen molar-refractivity contribution in [3.63, 3.8) is 0 Å². The first-order valence-corrected chi connectivity index (χ1v) is 23.4. The Kier molecular flexibility index (Phi) is 19.5. The summed E-state index contributed by atoms with van der Waals surface area (Å²) in [5.74, 6) is -0.875. The van der Waals surface area contributed by atoms with Crippen LogP contribution < -0.4 is 5.73 Å². The number of phosphoric acid groups is 3. The van der Waals surface area contributed by atoms with Crippen molar-refractivity contribution < 1.29 is 81.1 Å². The molecule has 2 unspecified atom stereocenters. The van der Waals surface area contributed by atoms with Crippen molar-refractivity contribution in [1.82, 2.24) is 19.5 Å². The molecule has 0 aromatic carbocycles. The van der Waals surface area contributed by atoms with Gasteiger partial charge in [0.25, 0.3) is 0 Å². The van der Waals surface area contributed by atoms with Crippen molar-refractivity contribution in [2.24, 2.45) is 15.4 Å². The summed E-state index contributed by atoms with van der Waals surface area (Å²) >= 11 is 1.06. The summed E-state index contributed by atoms with van der Waals surface area (Å²) in [5, 5.41) is 41.8. The molecular formula is C31H50N7O17P3S. The molecule has 0 spiro atoms. The minimum atomic E-state index is -5.56.